The molecule has 0 unspecified atom stereocenters. The van der Waals surface area contributed by atoms with Gasteiger partial charge in [0, 0.05) is 93.5 Å². The average Bonchev–Trinajstić information content (AvgIpc) is 4.16. The predicted octanol–water partition coefficient (Wildman–Crippen LogP) is 17.9. The number of hydrogen-bond donors (Lipinski definition) is 0. The van der Waals surface area contributed by atoms with Crippen LogP contribution in [-0.4, -0.2) is 19.5 Å². The van der Waals surface area contributed by atoms with Gasteiger partial charge in [0.2, 0.25) is 0 Å². The molecule has 15 aromatic rings. The van der Waals surface area contributed by atoms with Gasteiger partial charge >= 0.3 is 0 Å². The molecular formula is C61H34N4S3. The van der Waals surface area contributed by atoms with Gasteiger partial charge in [-0.15, -0.1) is 34.0 Å². The van der Waals surface area contributed by atoms with E-state index in [0.717, 1.165) is 39.0 Å². The molecule has 68 heavy (non-hydrogen) atoms. The molecule has 7 heteroatoms. The second kappa shape index (κ2) is 14.7. The summed E-state index contributed by atoms with van der Waals surface area (Å²) >= 11 is 5.46. The van der Waals surface area contributed by atoms with Crippen LogP contribution >= 0.6 is 34.0 Å². The first kappa shape index (κ1) is 38.1. The van der Waals surface area contributed by atoms with Crippen molar-refractivity contribution in [3.63, 3.8) is 0 Å². The Morgan fingerprint density at radius 2 is 0.735 bits per heavy atom. The molecule has 5 aromatic heterocycles. The highest BCUT2D eigenvalue weighted by Gasteiger charge is 2.21. The first-order chi connectivity index (χ1) is 33.6. The van der Waals surface area contributed by atoms with Gasteiger partial charge in [-0.25, -0.2) is 15.0 Å². The second-order valence-electron chi connectivity index (χ2n) is 17.5. The molecule has 10 aromatic carbocycles. The molecule has 0 aliphatic carbocycles. The largest absolute Gasteiger partial charge is 0.309 e. The molecular weight excluding hydrogens is 885 g/mol. The highest BCUT2D eigenvalue weighted by Crippen LogP contribution is 2.43. The molecule has 0 N–H and O–H groups in total. The average molecular weight is 919 g/mol. The highest BCUT2D eigenvalue weighted by atomic mass is 32.1. The number of rotatable bonds is 5. The van der Waals surface area contributed by atoms with E-state index in [2.05, 4.69) is 211 Å². The lowest BCUT2D eigenvalue weighted by molar-refractivity contribution is 1.07. The van der Waals surface area contributed by atoms with E-state index in [4.69, 9.17) is 15.0 Å². The van der Waals surface area contributed by atoms with Crippen LogP contribution in [0.1, 0.15) is 0 Å². The normalized spacial score (nSPS) is 12.1. The molecule has 0 saturated heterocycles. The summed E-state index contributed by atoms with van der Waals surface area (Å²) in [6, 6.07) is 75.2. The summed E-state index contributed by atoms with van der Waals surface area (Å²) < 4.78 is 9.97. The van der Waals surface area contributed by atoms with Crippen LogP contribution in [0.15, 0.2) is 206 Å². The first-order valence-corrected chi connectivity index (χ1v) is 25.2. The van der Waals surface area contributed by atoms with E-state index in [9.17, 15) is 0 Å². The van der Waals surface area contributed by atoms with E-state index >= 15 is 0 Å². The minimum absolute atomic E-state index is 0.626. The lowest BCUT2D eigenvalue weighted by Crippen LogP contribution is -2.02. The Balaban J connectivity index is 0.986. The van der Waals surface area contributed by atoms with Gasteiger partial charge < -0.3 is 4.57 Å². The van der Waals surface area contributed by atoms with Crippen molar-refractivity contribution >= 4 is 127 Å². The third kappa shape index (κ3) is 5.86. The van der Waals surface area contributed by atoms with Gasteiger partial charge in [-0.2, -0.15) is 0 Å². The lowest BCUT2D eigenvalue weighted by Gasteiger charge is -2.17. The number of para-hydroxylation sites is 1. The Morgan fingerprint density at radius 3 is 1.37 bits per heavy atom. The molecule has 0 atom stereocenters. The molecule has 0 bridgehead atoms. The summed E-state index contributed by atoms with van der Waals surface area (Å²) in [5.41, 5.74) is 8.48. The molecule has 0 amide bonds. The Hall–Kier alpha value is -8.07. The summed E-state index contributed by atoms with van der Waals surface area (Å²) in [4.78, 5) is 16.1. The van der Waals surface area contributed by atoms with Crippen molar-refractivity contribution in [1.29, 1.82) is 0 Å². The Morgan fingerprint density at radius 1 is 0.279 bits per heavy atom. The van der Waals surface area contributed by atoms with Crippen LogP contribution in [0.2, 0.25) is 0 Å². The lowest BCUT2D eigenvalue weighted by atomic mass is 9.98. The minimum atomic E-state index is 0.626. The molecule has 0 aliphatic heterocycles. The molecule has 316 valence electrons. The Labute approximate surface area is 401 Å². The number of fused-ring (bicyclic) bond motifs is 13. The van der Waals surface area contributed by atoms with E-state index in [1.807, 2.05) is 34.0 Å². The van der Waals surface area contributed by atoms with Crippen LogP contribution in [-0.2, 0) is 0 Å². The van der Waals surface area contributed by atoms with Gasteiger partial charge in [0.1, 0.15) is 0 Å². The van der Waals surface area contributed by atoms with Gasteiger partial charge in [0.15, 0.2) is 17.5 Å². The molecule has 0 fully saturated rings. The fourth-order valence-corrected chi connectivity index (χ4v) is 13.8. The number of hydrogen-bond acceptors (Lipinski definition) is 6. The molecule has 5 heterocycles. The van der Waals surface area contributed by atoms with Crippen molar-refractivity contribution in [3.05, 3.63) is 206 Å². The van der Waals surface area contributed by atoms with Gasteiger partial charge in [-0.1, -0.05) is 127 Å². The summed E-state index contributed by atoms with van der Waals surface area (Å²) in [5.74, 6) is 1.92. The SMILES string of the molecule is c1ccc2cc3c(cc2c1)c1ccccc1n3-c1ccc(-c2nc(-c3ccc4c(c3)sc3ccccc34)nc(-c3ccc4c(c3)sc3ccccc34)n2)cc1-c1ccc2sc3ccccc3c2c1. The maximum atomic E-state index is 5.38. The fourth-order valence-electron chi connectivity index (χ4n) is 10.4. The third-order valence-electron chi connectivity index (χ3n) is 13.6. The molecule has 0 aliphatic rings. The van der Waals surface area contributed by atoms with Gasteiger partial charge in [0.05, 0.1) is 16.7 Å². The number of thiophene rings is 3. The molecule has 0 saturated carbocycles. The predicted molar refractivity (Wildman–Crippen MR) is 292 cm³/mol. The summed E-state index contributed by atoms with van der Waals surface area (Å²) in [7, 11) is 0. The van der Waals surface area contributed by atoms with Gasteiger partial charge in [0.25, 0.3) is 0 Å². The maximum absolute atomic E-state index is 5.38. The molecule has 15 rings (SSSR count). The number of nitrogens with zero attached hydrogens (tertiary/aromatic N) is 4. The summed E-state index contributed by atoms with van der Waals surface area (Å²) in [6.45, 7) is 0. The monoisotopic (exact) mass is 918 g/mol. The van der Waals surface area contributed by atoms with Crippen molar-refractivity contribution in [2.45, 2.75) is 0 Å². The number of aromatic nitrogens is 4. The van der Waals surface area contributed by atoms with Crippen molar-refractivity contribution in [2.24, 2.45) is 0 Å². The van der Waals surface area contributed by atoms with Crippen molar-refractivity contribution < 1.29 is 0 Å². The zero-order valence-corrected chi connectivity index (χ0v) is 38.6. The van der Waals surface area contributed by atoms with Crippen LogP contribution in [0, 0.1) is 0 Å². The fraction of sp³-hybridized carbons (Fsp3) is 0. The van der Waals surface area contributed by atoms with Crippen LogP contribution in [0.5, 0.6) is 0 Å². The van der Waals surface area contributed by atoms with E-state index in [1.165, 1.54) is 87.6 Å². The quantitative estimate of drug-likeness (QED) is 0.173. The Kier molecular flexibility index (Phi) is 8.24. The van der Waals surface area contributed by atoms with E-state index in [-0.39, 0.29) is 0 Å². The van der Waals surface area contributed by atoms with Gasteiger partial charge in [-0.3, -0.25) is 0 Å². The molecule has 0 radical (unpaired) electrons. The molecule has 0 spiro atoms. The van der Waals surface area contributed by atoms with Crippen molar-refractivity contribution in [2.75, 3.05) is 0 Å². The first-order valence-electron chi connectivity index (χ1n) is 22.7. The van der Waals surface area contributed by atoms with Crippen LogP contribution in [0.3, 0.4) is 0 Å². The van der Waals surface area contributed by atoms with E-state index < -0.39 is 0 Å². The van der Waals surface area contributed by atoms with Gasteiger partial charge in [-0.05, 0) is 95.2 Å². The summed E-state index contributed by atoms with van der Waals surface area (Å²) in [5, 5.41) is 12.4. The third-order valence-corrected chi connectivity index (χ3v) is 17.1. The zero-order valence-electron chi connectivity index (χ0n) is 36.1. The second-order valence-corrected chi connectivity index (χ2v) is 20.8. The Bertz CT molecular complexity index is 4460. The minimum Gasteiger partial charge on any atom is -0.309 e. The van der Waals surface area contributed by atoms with Crippen LogP contribution in [0.4, 0.5) is 0 Å². The smallest absolute Gasteiger partial charge is 0.164 e. The standard InChI is InChI=1S/C61H34N4S3/c1-2-12-36-32-52-48(29-35(36)11-1)41-13-3-7-17-50(41)65(52)51-27-23-38(31-47(51)37-24-28-56-49(30-37)44-16-6-10-20-55(44)66-56)59-62-60(39-21-25-45-42-14-4-8-18-53(42)67-57(45)33-39)64-61(63-59)40-22-26-46-43-15-5-9-19-54(43)68-58(46)34-40/h1-34H. The maximum Gasteiger partial charge on any atom is 0.164 e. The summed E-state index contributed by atoms with van der Waals surface area (Å²) in [6.07, 6.45) is 0. The number of benzene rings is 10. The molecule has 4 nitrogen and oxygen atoms in total. The van der Waals surface area contributed by atoms with Crippen molar-refractivity contribution in [3.8, 4) is 51.0 Å². The topological polar surface area (TPSA) is 43.6 Å². The van der Waals surface area contributed by atoms with Crippen LogP contribution in [0.25, 0.3) is 144 Å². The zero-order chi connectivity index (χ0) is 44.5. The van der Waals surface area contributed by atoms with Crippen molar-refractivity contribution in [1.82, 2.24) is 19.5 Å². The van der Waals surface area contributed by atoms with E-state index in [1.54, 1.807) is 0 Å². The van der Waals surface area contributed by atoms with Crippen LogP contribution < -0.4 is 0 Å². The highest BCUT2D eigenvalue weighted by molar-refractivity contribution is 7.26. The van der Waals surface area contributed by atoms with E-state index in [0.29, 0.717) is 17.5 Å².